The highest BCUT2D eigenvalue weighted by molar-refractivity contribution is 4.97. The molecule has 2 heterocycles. The molecule has 22 heavy (non-hydrogen) atoms. The van der Waals surface area contributed by atoms with E-state index in [0.29, 0.717) is 12.1 Å². The van der Waals surface area contributed by atoms with Crippen LogP contribution in [0.4, 0.5) is 0 Å². The Morgan fingerprint density at radius 1 is 1.23 bits per heavy atom. The summed E-state index contributed by atoms with van der Waals surface area (Å²) in [6, 6.07) is 1.11. The van der Waals surface area contributed by atoms with Crippen molar-refractivity contribution in [3.8, 4) is 0 Å². The molecule has 1 aromatic heterocycles. The predicted octanol–water partition coefficient (Wildman–Crippen LogP) is 0.765. The molecule has 0 radical (unpaired) electrons. The highest BCUT2D eigenvalue weighted by Gasteiger charge is 2.35. The first-order valence-electron chi connectivity index (χ1n) is 8.82. The summed E-state index contributed by atoms with van der Waals surface area (Å²) < 4.78 is 2.00. The van der Waals surface area contributed by atoms with E-state index in [1.807, 2.05) is 4.68 Å². The van der Waals surface area contributed by atoms with E-state index in [2.05, 4.69) is 26.7 Å². The zero-order chi connectivity index (χ0) is 14.9. The molecule has 1 aliphatic heterocycles. The Balaban J connectivity index is 1.29. The fourth-order valence-electron chi connectivity index (χ4n) is 3.99. The second-order valence-corrected chi connectivity index (χ2v) is 7.30. The van der Waals surface area contributed by atoms with Crippen LogP contribution in [0.25, 0.3) is 0 Å². The molecule has 3 aliphatic rings. The number of hydrogen-bond acceptors (Lipinski definition) is 5. The van der Waals surface area contributed by atoms with Crippen molar-refractivity contribution in [3.05, 3.63) is 11.9 Å². The van der Waals surface area contributed by atoms with E-state index < -0.39 is 0 Å². The number of rotatable bonds is 6. The van der Waals surface area contributed by atoms with Gasteiger partial charge in [-0.2, -0.15) is 0 Å². The van der Waals surface area contributed by atoms with E-state index in [9.17, 15) is 5.11 Å². The molecule has 2 N–H and O–H groups in total. The minimum atomic E-state index is -0.122. The van der Waals surface area contributed by atoms with Crippen molar-refractivity contribution in [3.63, 3.8) is 0 Å². The number of β-amino-alcohol motifs (C(OH)–C–C–N with tert-alkyl or cyclic N) is 1. The lowest BCUT2D eigenvalue weighted by Crippen LogP contribution is -2.46. The van der Waals surface area contributed by atoms with Gasteiger partial charge in [0.25, 0.3) is 0 Å². The van der Waals surface area contributed by atoms with Crippen LogP contribution in [-0.4, -0.2) is 56.3 Å². The minimum Gasteiger partial charge on any atom is -0.392 e. The van der Waals surface area contributed by atoms with E-state index in [4.69, 9.17) is 0 Å². The molecular weight excluding hydrogens is 278 g/mol. The SMILES string of the molecule is OC1CCN([C@H]2CCC[C@H]2NCc2cn(CC3CC3)nn2)C1. The van der Waals surface area contributed by atoms with Crippen LogP contribution in [0, 0.1) is 5.92 Å². The Hall–Kier alpha value is -0.980. The zero-order valence-electron chi connectivity index (χ0n) is 13.2. The normalized spacial score (nSPS) is 32.9. The molecule has 6 heteroatoms. The van der Waals surface area contributed by atoms with Crippen LogP contribution in [0.2, 0.25) is 0 Å². The first kappa shape index (κ1) is 14.6. The highest BCUT2D eigenvalue weighted by atomic mass is 16.3. The molecule has 3 atom stereocenters. The van der Waals surface area contributed by atoms with Crippen LogP contribution in [0.15, 0.2) is 6.20 Å². The third-order valence-electron chi connectivity index (χ3n) is 5.42. The Morgan fingerprint density at radius 3 is 2.91 bits per heavy atom. The third kappa shape index (κ3) is 3.34. The van der Waals surface area contributed by atoms with E-state index in [1.165, 1.54) is 32.1 Å². The van der Waals surface area contributed by atoms with Gasteiger partial charge in [-0.05, 0) is 38.0 Å². The van der Waals surface area contributed by atoms with Crippen molar-refractivity contribution >= 4 is 0 Å². The Morgan fingerprint density at radius 2 is 2.14 bits per heavy atom. The lowest BCUT2D eigenvalue weighted by atomic mass is 10.1. The van der Waals surface area contributed by atoms with Gasteiger partial charge in [0.2, 0.25) is 0 Å². The molecule has 0 bridgehead atoms. The van der Waals surface area contributed by atoms with Gasteiger partial charge in [0, 0.05) is 44.5 Å². The van der Waals surface area contributed by atoms with Crippen molar-refractivity contribution in [1.82, 2.24) is 25.2 Å². The number of likely N-dealkylation sites (tertiary alicyclic amines) is 1. The van der Waals surface area contributed by atoms with Crippen LogP contribution < -0.4 is 5.32 Å². The zero-order valence-corrected chi connectivity index (χ0v) is 13.2. The lowest BCUT2D eigenvalue weighted by Gasteiger charge is -2.29. The quantitative estimate of drug-likeness (QED) is 0.812. The lowest BCUT2D eigenvalue weighted by molar-refractivity contribution is 0.150. The van der Waals surface area contributed by atoms with Crippen LogP contribution in [0.1, 0.15) is 44.2 Å². The van der Waals surface area contributed by atoms with Gasteiger partial charge < -0.3 is 10.4 Å². The van der Waals surface area contributed by atoms with Gasteiger partial charge in [0.15, 0.2) is 0 Å². The topological polar surface area (TPSA) is 66.2 Å². The monoisotopic (exact) mass is 305 g/mol. The van der Waals surface area contributed by atoms with E-state index in [-0.39, 0.29) is 6.10 Å². The average molecular weight is 305 g/mol. The highest BCUT2D eigenvalue weighted by Crippen LogP contribution is 2.30. The van der Waals surface area contributed by atoms with Gasteiger partial charge >= 0.3 is 0 Å². The summed E-state index contributed by atoms with van der Waals surface area (Å²) in [6.45, 7) is 3.73. The van der Waals surface area contributed by atoms with Gasteiger partial charge in [-0.3, -0.25) is 9.58 Å². The predicted molar refractivity (Wildman–Crippen MR) is 83.2 cm³/mol. The van der Waals surface area contributed by atoms with Gasteiger partial charge in [-0.25, -0.2) is 0 Å². The molecule has 0 spiro atoms. The fourth-order valence-corrected chi connectivity index (χ4v) is 3.99. The van der Waals surface area contributed by atoms with Gasteiger partial charge in [0.1, 0.15) is 0 Å². The molecular formula is C16H27N5O. The molecule has 0 amide bonds. The van der Waals surface area contributed by atoms with E-state index >= 15 is 0 Å². The van der Waals surface area contributed by atoms with Crippen LogP contribution >= 0.6 is 0 Å². The van der Waals surface area contributed by atoms with E-state index in [1.54, 1.807) is 0 Å². The first-order chi connectivity index (χ1) is 10.8. The van der Waals surface area contributed by atoms with Gasteiger partial charge in [-0.1, -0.05) is 11.6 Å². The van der Waals surface area contributed by atoms with Crippen molar-refractivity contribution < 1.29 is 5.11 Å². The number of aliphatic hydroxyl groups excluding tert-OH is 1. The smallest absolute Gasteiger partial charge is 0.0964 e. The fraction of sp³-hybridized carbons (Fsp3) is 0.875. The summed E-state index contributed by atoms with van der Waals surface area (Å²) in [5.74, 6) is 0.836. The van der Waals surface area contributed by atoms with Crippen molar-refractivity contribution in [2.75, 3.05) is 13.1 Å². The Labute approximate surface area is 131 Å². The average Bonchev–Trinajstić information content (AvgIpc) is 2.93. The molecule has 2 saturated carbocycles. The summed E-state index contributed by atoms with van der Waals surface area (Å²) in [5.41, 5.74) is 1.05. The molecule has 122 valence electrons. The van der Waals surface area contributed by atoms with Crippen LogP contribution in [0.5, 0.6) is 0 Å². The molecule has 2 aliphatic carbocycles. The molecule has 1 aromatic rings. The summed E-state index contributed by atoms with van der Waals surface area (Å²) in [7, 11) is 0. The summed E-state index contributed by atoms with van der Waals surface area (Å²) in [4.78, 5) is 2.47. The molecule has 6 nitrogen and oxygen atoms in total. The number of aliphatic hydroxyl groups is 1. The van der Waals surface area contributed by atoms with Gasteiger partial charge in [0.05, 0.1) is 11.8 Å². The second-order valence-electron chi connectivity index (χ2n) is 7.30. The third-order valence-corrected chi connectivity index (χ3v) is 5.42. The number of nitrogens with zero attached hydrogens (tertiary/aromatic N) is 4. The molecule has 4 rings (SSSR count). The molecule has 1 saturated heterocycles. The summed E-state index contributed by atoms with van der Waals surface area (Å²) >= 11 is 0. The summed E-state index contributed by atoms with van der Waals surface area (Å²) in [6.07, 6.45) is 9.35. The van der Waals surface area contributed by atoms with E-state index in [0.717, 1.165) is 44.2 Å². The van der Waals surface area contributed by atoms with Crippen molar-refractivity contribution in [2.24, 2.45) is 5.92 Å². The molecule has 1 unspecified atom stereocenters. The maximum absolute atomic E-state index is 9.75. The number of hydrogen-bond donors (Lipinski definition) is 2. The second kappa shape index (κ2) is 6.26. The largest absolute Gasteiger partial charge is 0.392 e. The Kier molecular flexibility index (Phi) is 4.15. The minimum absolute atomic E-state index is 0.122. The molecule has 0 aromatic carbocycles. The molecule has 3 fully saturated rings. The number of aromatic nitrogens is 3. The maximum atomic E-state index is 9.75. The van der Waals surface area contributed by atoms with Crippen LogP contribution in [0.3, 0.4) is 0 Å². The van der Waals surface area contributed by atoms with Gasteiger partial charge in [-0.15, -0.1) is 5.10 Å². The Bertz CT molecular complexity index is 500. The maximum Gasteiger partial charge on any atom is 0.0964 e. The standard InChI is InChI=1S/C16H27N5O/c22-14-6-7-20(11-14)16-3-1-2-15(16)17-8-13-10-21(19-18-13)9-12-4-5-12/h10,12,14-17,22H,1-9,11H2/t14?,15-,16+/m1/s1. The summed E-state index contributed by atoms with van der Waals surface area (Å²) in [5, 5.41) is 22.0. The number of nitrogens with one attached hydrogen (secondary N) is 1. The van der Waals surface area contributed by atoms with Crippen LogP contribution in [-0.2, 0) is 13.1 Å². The van der Waals surface area contributed by atoms with Crippen molar-refractivity contribution in [1.29, 1.82) is 0 Å². The van der Waals surface area contributed by atoms with Crippen molar-refractivity contribution in [2.45, 2.75) is 69.8 Å². The first-order valence-corrected chi connectivity index (χ1v) is 8.82.